The van der Waals surface area contributed by atoms with Gasteiger partial charge in [0.1, 0.15) is 0 Å². The Labute approximate surface area is 198 Å². The van der Waals surface area contributed by atoms with Gasteiger partial charge in [-0.25, -0.2) is 0 Å². The smallest absolute Gasteiger partial charge is 0.822 e. The van der Waals surface area contributed by atoms with Gasteiger partial charge in [-0.2, -0.15) is 7.82 Å². The molecule has 0 spiro atoms. The van der Waals surface area contributed by atoms with Gasteiger partial charge in [-0.05, 0) is 0 Å². The summed E-state index contributed by atoms with van der Waals surface area (Å²) in [5.41, 5.74) is 0. The minimum Gasteiger partial charge on any atom is -0.822 e. The van der Waals surface area contributed by atoms with Gasteiger partial charge in [-0.15, -0.1) is 0 Å². The molecule has 0 aromatic heterocycles. The molecule has 0 saturated heterocycles. The Hall–Kier alpha value is 4.98. The van der Waals surface area contributed by atoms with Crippen LogP contribution in [0.3, 0.4) is 0 Å². The Balaban J connectivity index is -0.0000000128. The fourth-order valence-corrected chi connectivity index (χ4v) is 0. The predicted molar refractivity (Wildman–Crippen MR) is 18.1 cm³/mol. The third kappa shape index (κ3) is 221. The largest absolute Gasteiger partial charge is 1.00 e. The molecule has 0 aromatic carbocycles. The first-order valence-corrected chi connectivity index (χ1v) is 4.19. The molecule has 0 aliphatic carbocycles. The van der Waals surface area contributed by atoms with Crippen LogP contribution in [0, 0.1) is 0 Å². The minimum absolute atomic E-state index is 0. The van der Waals surface area contributed by atoms with Crippen LogP contribution in [0.25, 0.3) is 0 Å². The summed E-state index contributed by atoms with van der Waals surface area (Å²) < 4.78 is 42.6. The van der Waals surface area contributed by atoms with Crippen molar-refractivity contribution in [2.24, 2.45) is 0 Å². The third-order valence-corrected chi connectivity index (χ3v) is 0. The second-order valence-corrected chi connectivity index (χ2v) is 2.57. The quantitative estimate of drug-likeness (QED) is 0.184. The number of phosphoric acid groups is 1. The Morgan fingerprint density at radius 3 is 0.733 bits per heavy atom. The first-order chi connectivity index (χ1) is 4.00. The van der Waals surface area contributed by atoms with Crippen molar-refractivity contribution in [1.29, 1.82) is 0 Å². The molecule has 15 heteroatoms. The van der Waals surface area contributed by atoms with Crippen molar-refractivity contribution in [3.8, 4) is 0 Å². The Bertz CT molecular complexity index is 201. The van der Waals surface area contributed by atoms with Crippen molar-refractivity contribution in [3.05, 3.63) is 0 Å². The molecule has 0 N–H and O–H groups in total. The van der Waals surface area contributed by atoms with Gasteiger partial charge in [0.05, 0.1) is 0 Å². The second kappa shape index (κ2) is 21.3. The fourth-order valence-electron chi connectivity index (χ4n) is 0. The van der Waals surface area contributed by atoms with Gasteiger partial charge >= 0.3 is 148 Å². The molecule has 0 saturated carbocycles. The molecule has 0 aliphatic rings. The zero-order valence-electron chi connectivity index (χ0n) is 9.12. The second-order valence-electron chi connectivity index (χ2n) is 0.855. The summed E-state index contributed by atoms with van der Waals surface area (Å²) in [5, 5.41) is 0. The van der Waals surface area contributed by atoms with Crippen LogP contribution >= 0.6 is 7.82 Å². The summed E-state index contributed by atoms with van der Waals surface area (Å²) in [6.45, 7) is 0. The summed E-state index contributed by atoms with van der Waals surface area (Å²) in [4.78, 5) is 25.6. The molecule has 0 amide bonds. The van der Waals surface area contributed by atoms with Gasteiger partial charge in [0.25, 0.3) is 0 Å². The van der Waals surface area contributed by atoms with Gasteiger partial charge in [0, 0.05) is 10.4 Å². The molecular weight excluding hydrogens is 306 g/mol. The third-order valence-electron chi connectivity index (χ3n) is 0. The first-order valence-electron chi connectivity index (χ1n) is 1.40. The molecule has 8 nitrogen and oxygen atoms in total. The summed E-state index contributed by atoms with van der Waals surface area (Å²) in [6, 6.07) is 0. The number of hydrogen-bond acceptors (Lipinski definition) is 8. The van der Waals surface area contributed by atoms with E-state index in [1.807, 2.05) is 0 Å². The van der Waals surface area contributed by atoms with Crippen molar-refractivity contribution in [2.45, 2.75) is 0 Å². The van der Waals surface area contributed by atoms with E-state index in [4.69, 9.17) is 36.8 Å². The van der Waals surface area contributed by atoms with Crippen LogP contribution < -0.4 is 162 Å². The minimum atomic E-state index is -5.39. The van der Waals surface area contributed by atoms with Gasteiger partial charge < -0.3 is 28.4 Å². The van der Waals surface area contributed by atoms with Gasteiger partial charge in [-0.1, -0.05) is 0 Å². The number of hydrogen-bond donors (Lipinski definition) is 0. The van der Waals surface area contributed by atoms with E-state index in [9.17, 15) is 0 Å². The van der Waals surface area contributed by atoms with Crippen LogP contribution in [0.1, 0.15) is 0 Å². The Morgan fingerprint density at radius 2 is 0.733 bits per heavy atom. The van der Waals surface area contributed by atoms with Crippen LogP contribution in [0.15, 0.2) is 0 Å². The average molecular weight is 306 g/mol. The van der Waals surface area contributed by atoms with Crippen molar-refractivity contribution < 1.29 is 185 Å². The van der Waals surface area contributed by atoms with Crippen molar-refractivity contribution in [1.82, 2.24) is 0 Å². The van der Waals surface area contributed by atoms with Crippen molar-refractivity contribution >= 4 is 18.2 Å². The van der Waals surface area contributed by atoms with Crippen molar-refractivity contribution in [3.63, 3.8) is 0 Å². The molecule has 0 atom stereocenters. The van der Waals surface area contributed by atoms with E-state index in [0.717, 1.165) is 0 Å². The number of rotatable bonds is 0. The van der Waals surface area contributed by atoms with Gasteiger partial charge in [0.15, 0.2) is 0 Å². The SMILES string of the molecule is O=P([O-])([O-])[O-].O=S(=O)([O-])[O-].[Na+].[Na+].[Na+].[Na+].[Na+]. The molecule has 15 heavy (non-hydrogen) atoms. The molecule has 0 radical (unpaired) electrons. The van der Waals surface area contributed by atoms with E-state index >= 15 is 0 Å². The predicted octanol–water partition coefficient (Wildman–Crippen LogP) is -19.1. The summed E-state index contributed by atoms with van der Waals surface area (Å²) in [7, 11) is -10.6. The zero-order valence-corrected chi connectivity index (χ0v) is 20.8. The fraction of sp³-hybridized carbons (Fsp3) is 0. The van der Waals surface area contributed by atoms with Crippen LogP contribution in [0.5, 0.6) is 0 Å². The maximum Gasteiger partial charge on any atom is 1.00 e. The van der Waals surface area contributed by atoms with Gasteiger partial charge in [-0.3, -0.25) is 8.42 Å². The Kier molecular flexibility index (Phi) is 60.6. The average Bonchev–Trinajstić information content (AvgIpc) is 1.12. The van der Waals surface area contributed by atoms with Gasteiger partial charge in [0.2, 0.25) is 0 Å². The van der Waals surface area contributed by atoms with Crippen LogP contribution in [0.2, 0.25) is 0 Å². The monoisotopic (exact) mass is 306 g/mol. The molecule has 0 heterocycles. The maximum atomic E-state index is 8.55. The molecule has 0 aromatic rings. The molecule has 0 unspecified atom stereocenters. The summed E-state index contributed by atoms with van der Waals surface area (Å²) in [6.07, 6.45) is 0. The summed E-state index contributed by atoms with van der Waals surface area (Å²) >= 11 is 0. The molecule has 0 aliphatic heterocycles. The van der Waals surface area contributed by atoms with E-state index < -0.39 is 18.2 Å². The molecule has 64 valence electrons. The van der Waals surface area contributed by atoms with Crippen LogP contribution in [0.4, 0.5) is 0 Å². The molecule has 0 rings (SSSR count). The van der Waals surface area contributed by atoms with E-state index in [0.29, 0.717) is 0 Å². The normalized spacial score (nSPS) is 7.80. The van der Waals surface area contributed by atoms with E-state index in [1.54, 1.807) is 0 Å². The molecule has 0 fully saturated rings. The van der Waals surface area contributed by atoms with Crippen LogP contribution in [-0.2, 0) is 15.0 Å². The summed E-state index contributed by atoms with van der Waals surface area (Å²) in [5.74, 6) is 0. The van der Waals surface area contributed by atoms with E-state index in [-0.39, 0.29) is 148 Å². The zero-order chi connectivity index (χ0) is 9.00. The van der Waals surface area contributed by atoms with Crippen molar-refractivity contribution in [2.75, 3.05) is 0 Å². The molecule has 0 bridgehead atoms. The maximum absolute atomic E-state index is 8.55. The van der Waals surface area contributed by atoms with E-state index in [2.05, 4.69) is 0 Å². The standard InChI is InChI=1S/5Na.H3O4P.H2O4S/c;;;;;2*1-5(2,3)4/h;;;;;(H3,1,2,3,4);(H2,1,2,3,4)/q5*+1;;/p-5. The first kappa shape index (κ1) is 42.7. The Morgan fingerprint density at radius 1 is 0.733 bits per heavy atom. The molecular formula is Na5O8PS. The van der Waals surface area contributed by atoms with E-state index in [1.165, 1.54) is 0 Å². The van der Waals surface area contributed by atoms with Crippen LogP contribution in [-0.4, -0.2) is 17.5 Å². The topological polar surface area (TPSA) is 167 Å².